The summed E-state index contributed by atoms with van der Waals surface area (Å²) >= 11 is 6.10. The van der Waals surface area contributed by atoms with Crippen LogP contribution in [-0.4, -0.2) is 16.5 Å². The third kappa shape index (κ3) is 3.84. The Labute approximate surface area is 124 Å². The maximum Gasteiger partial charge on any atom is 0.219 e. The lowest BCUT2D eigenvalue weighted by Crippen LogP contribution is -2.06. The number of benzene rings is 1. The minimum atomic E-state index is 0.394. The van der Waals surface area contributed by atoms with Gasteiger partial charge in [0, 0.05) is 29.6 Å². The SMILES string of the molecule is CCNc1cc(OCc2ccccc2Cl)nc(CC)n1. The Morgan fingerprint density at radius 1 is 1.20 bits per heavy atom. The Bertz CT molecular complexity index is 575. The van der Waals surface area contributed by atoms with E-state index in [1.165, 1.54) is 0 Å². The van der Waals surface area contributed by atoms with Crippen molar-refractivity contribution in [2.75, 3.05) is 11.9 Å². The molecule has 4 nitrogen and oxygen atoms in total. The van der Waals surface area contributed by atoms with E-state index in [2.05, 4.69) is 15.3 Å². The van der Waals surface area contributed by atoms with Gasteiger partial charge >= 0.3 is 0 Å². The molecular weight excluding hydrogens is 274 g/mol. The maximum absolute atomic E-state index is 6.10. The van der Waals surface area contributed by atoms with Crippen LogP contribution < -0.4 is 10.1 Å². The van der Waals surface area contributed by atoms with E-state index in [9.17, 15) is 0 Å². The van der Waals surface area contributed by atoms with E-state index in [1.54, 1.807) is 6.07 Å². The molecule has 5 heteroatoms. The van der Waals surface area contributed by atoms with E-state index in [4.69, 9.17) is 16.3 Å². The molecule has 1 aromatic heterocycles. The highest BCUT2D eigenvalue weighted by Crippen LogP contribution is 2.19. The molecule has 0 atom stereocenters. The van der Waals surface area contributed by atoms with E-state index in [0.29, 0.717) is 17.5 Å². The van der Waals surface area contributed by atoms with E-state index >= 15 is 0 Å². The number of anilines is 1. The van der Waals surface area contributed by atoms with E-state index in [0.717, 1.165) is 30.2 Å². The van der Waals surface area contributed by atoms with Gasteiger partial charge in [0.2, 0.25) is 5.88 Å². The van der Waals surface area contributed by atoms with Crippen LogP contribution in [0.3, 0.4) is 0 Å². The number of ether oxygens (including phenoxy) is 1. The molecule has 20 heavy (non-hydrogen) atoms. The minimum absolute atomic E-state index is 0.394. The first-order valence-electron chi connectivity index (χ1n) is 6.71. The molecule has 106 valence electrons. The molecule has 0 bridgehead atoms. The van der Waals surface area contributed by atoms with Gasteiger partial charge in [0.15, 0.2) is 0 Å². The molecule has 0 aliphatic heterocycles. The number of hydrogen-bond donors (Lipinski definition) is 1. The molecule has 1 N–H and O–H groups in total. The Hall–Kier alpha value is -1.81. The second kappa shape index (κ2) is 7.10. The number of hydrogen-bond acceptors (Lipinski definition) is 4. The summed E-state index contributed by atoms with van der Waals surface area (Å²) in [6.45, 7) is 5.25. The highest BCUT2D eigenvalue weighted by Gasteiger charge is 2.06. The van der Waals surface area contributed by atoms with Crippen molar-refractivity contribution in [1.29, 1.82) is 0 Å². The number of nitrogens with zero attached hydrogens (tertiary/aromatic N) is 2. The topological polar surface area (TPSA) is 47.0 Å². The normalized spacial score (nSPS) is 10.3. The summed E-state index contributed by atoms with van der Waals surface area (Å²) in [5.41, 5.74) is 0.941. The van der Waals surface area contributed by atoms with Crippen LogP contribution in [0.1, 0.15) is 25.2 Å². The zero-order chi connectivity index (χ0) is 14.4. The molecule has 0 radical (unpaired) electrons. The summed E-state index contributed by atoms with van der Waals surface area (Å²) in [6, 6.07) is 9.43. The summed E-state index contributed by atoms with van der Waals surface area (Å²) in [5.74, 6) is 2.11. The van der Waals surface area contributed by atoms with Crippen LogP contribution >= 0.6 is 11.6 Å². The second-order valence-corrected chi connectivity index (χ2v) is 4.68. The number of halogens is 1. The Morgan fingerprint density at radius 2 is 2.00 bits per heavy atom. The number of aryl methyl sites for hydroxylation is 1. The highest BCUT2D eigenvalue weighted by molar-refractivity contribution is 6.31. The summed E-state index contributed by atoms with van der Waals surface area (Å²) in [6.07, 6.45) is 0.766. The van der Waals surface area contributed by atoms with Crippen molar-refractivity contribution < 1.29 is 4.74 Å². The molecule has 0 aliphatic carbocycles. The van der Waals surface area contributed by atoms with Crippen molar-refractivity contribution in [3.63, 3.8) is 0 Å². The van der Waals surface area contributed by atoms with Gasteiger partial charge in [-0.1, -0.05) is 36.7 Å². The molecule has 1 heterocycles. The average Bonchev–Trinajstić information content (AvgIpc) is 2.46. The fourth-order valence-electron chi connectivity index (χ4n) is 1.74. The van der Waals surface area contributed by atoms with Crippen LogP contribution in [0, 0.1) is 0 Å². The van der Waals surface area contributed by atoms with Crippen LogP contribution in [0.5, 0.6) is 5.88 Å². The first-order chi connectivity index (χ1) is 9.72. The molecule has 0 spiro atoms. The summed E-state index contributed by atoms with van der Waals surface area (Å²) in [4.78, 5) is 8.75. The van der Waals surface area contributed by atoms with Gasteiger partial charge in [-0.15, -0.1) is 0 Å². The third-order valence-electron chi connectivity index (χ3n) is 2.76. The predicted octanol–water partition coefficient (Wildman–Crippen LogP) is 3.70. The molecule has 0 aliphatic rings. The monoisotopic (exact) mass is 291 g/mol. The molecule has 0 fully saturated rings. The standard InChI is InChI=1S/C15H18ClN3O/c1-3-13-18-14(17-4-2)9-15(19-13)20-10-11-7-5-6-8-12(11)16/h5-9H,3-4,10H2,1-2H3,(H,17,18,19). The van der Waals surface area contributed by atoms with Crippen molar-refractivity contribution in [1.82, 2.24) is 9.97 Å². The Kier molecular flexibility index (Phi) is 5.18. The van der Waals surface area contributed by atoms with E-state index in [1.807, 2.05) is 38.1 Å². The molecule has 0 amide bonds. The van der Waals surface area contributed by atoms with Crippen molar-refractivity contribution in [3.05, 3.63) is 46.7 Å². The second-order valence-electron chi connectivity index (χ2n) is 4.27. The smallest absolute Gasteiger partial charge is 0.219 e. The lowest BCUT2D eigenvalue weighted by Gasteiger charge is -2.10. The van der Waals surface area contributed by atoms with E-state index < -0.39 is 0 Å². The molecule has 2 rings (SSSR count). The van der Waals surface area contributed by atoms with Crippen molar-refractivity contribution >= 4 is 17.4 Å². The van der Waals surface area contributed by atoms with Gasteiger partial charge < -0.3 is 10.1 Å². The number of rotatable bonds is 6. The van der Waals surface area contributed by atoms with Gasteiger partial charge in [0.05, 0.1) is 0 Å². The van der Waals surface area contributed by atoms with Gasteiger partial charge in [0.25, 0.3) is 0 Å². The Morgan fingerprint density at radius 3 is 2.70 bits per heavy atom. The average molecular weight is 292 g/mol. The molecule has 2 aromatic rings. The zero-order valence-electron chi connectivity index (χ0n) is 11.7. The van der Waals surface area contributed by atoms with Crippen LogP contribution in [-0.2, 0) is 13.0 Å². The first-order valence-corrected chi connectivity index (χ1v) is 7.08. The van der Waals surface area contributed by atoms with Gasteiger partial charge in [-0.3, -0.25) is 0 Å². The highest BCUT2D eigenvalue weighted by atomic mass is 35.5. The fourth-order valence-corrected chi connectivity index (χ4v) is 1.93. The predicted molar refractivity (Wildman–Crippen MR) is 81.4 cm³/mol. The maximum atomic E-state index is 6.10. The molecule has 0 saturated carbocycles. The molecule has 0 unspecified atom stereocenters. The zero-order valence-corrected chi connectivity index (χ0v) is 12.4. The summed E-state index contributed by atoms with van der Waals surface area (Å²) in [5, 5.41) is 3.87. The van der Waals surface area contributed by atoms with Gasteiger partial charge in [-0.05, 0) is 13.0 Å². The molecular formula is C15H18ClN3O. The van der Waals surface area contributed by atoms with Gasteiger partial charge in [-0.25, -0.2) is 4.98 Å². The molecule has 1 aromatic carbocycles. The minimum Gasteiger partial charge on any atom is -0.473 e. The van der Waals surface area contributed by atoms with Gasteiger partial charge in [0.1, 0.15) is 18.2 Å². The number of aromatic nitrogens is 2. The quantitative estimate of drug-likeness (QED) is 0.881. The summed E-state index contributed by atoms with van der Waals surface area (Å²) < 4.78 is 5.73. The lowest BCUT2D eigenvalue weighted by atomic mass is 10.2. The van der Waals surface area contributed by atoms with Gasteiger partial charge in [-0.2, -0.15) is 4.98 Å². The lowest BCUT2D eigenvalue weighted by molar-refractivity contribution is 0.292. The van der Waals surface area contributed by atoms with Crippen molar-refractivity contribution in [2.24, 2.45) is 0 Å². The Balaban J connectivity index is 2.12. The van der Waals surface area contributed by atoms with Crippen LogP contribution in [0.4, 0.5) is 5.82 Å². The van der Waals surface area contributed by atoms with E-state index in [-0.39, 0.29) is 0 Å². The third-order valence-corrected chi connectivity index (χ3v) is 3.13. The van der Waals surface area contributed by atoms with Crippen LogP contribution in [0.2, 0.25) is 5.02 Å². The van der Waals surface area contributed by atoms with Crippen LogP contribution in [0.25, 0.3) is 0 Å². The largest absolute Gasteiger partial charge is 0.473 e. The van der Waals surface area contributed by atoms with Crippen molar-refractivity contribution in [3.8, 4) is 5.88 Å². The molecule has 0 saturated heterocycles. The first kappa shape index (κ1) is 14.6. The van der Waals surface area contributed by atoms with Crippen LogP contribution in [0.15, 0.2) is 30.3 Å². The number of nitrogens with one attached hydrogen (secondary N) is 1. The summed E-state index contributed by atoms with van der Waals surface area (Å²) in [7, 11) is 0. The fraction of sp³-hybridized carbons (Fsp3) is 0.333. The van der Waals surface area contributed by atoms with Crippen molar-refractivity contribution in [2.45, 2.75) is 26.9 Å².